The number of anilines is 2. The SMILES string of the molecule is CNc1nc(C2CC2)nc(NC(C)CC(C)O)c1C. The Bertz CT molecular complexity index is 443. The fraction of sp³-hybridized carbons (Fsp3) is 0.714. The van der Waals surface area contributed by atoms with E-state index in [2.05, 4.69) is 27.5 Å². The number of aliphatic hydroxyl groups excluding tert-OH is 1. The number of rotatable bonds is 6. The molecular formula is C14H24N4O. The van der Waals surface area contributed by atoms with Gasteiger partial charge >= 0.3 is 0 Å². The molecule has 5 nitrogen and oxygen atoms in total. The molecule has 1 aromatic heterocycles. The molecule has 106 valence electrons. The van der Waals surface area contributed by atoms with E-state index in [0.717, 1.165) is 23.0 Å². The van der Waals surface area contributed by atoms with Gasteiger partial charge in [0, 0.05) is 24.6 Å². The van der Waals surface area contributed by atoms with Crippen LogP contribution in [0.5, 0.6) is 0 Å². The Hall–Kier alpha value is -1.36. The van der Waals surface area contributed by atoms with Crippen molar-refractivity contribution in [3.63, 3.8) is 0 Å². The predicted octanol–water partition coefficient (Wildman–Crippen LogP) is 2.28. The molecule has 1 aliphatic carbocycles. The maximum absolute atomic E-state index is 9.44. The number of aromatic nitrogens is 2. The van der Waals surface area contributed by atoms with E-state index in [1.54, 1.807) is 6.92 Å². The molecule has 0 aromatic carbocycles. The van der Waals surface area contributed by atoms with Gasteiger partial charge in [0.1, 0.15) is 17.5 Å². The third-order valence-electron chi connectivity index (χ3n) is 3.42. The van der Waals surface area contributed by atoms with Crippen LogP contribution in [-0.2, 0) is 0 Å². The van der Waals surface area contributed by atoms with Crippen molar-refractivity contribution in [1.82, 2.24) is 9.97 Å². The number of aliphatic hydroxyl groups is 1. The van der Waals surface area contributed by atoms with E-state index in [0.29, 0.717) is 12.3 Å². The van der Waals surface area contributed by atoms with Crippen LogP contribution >= 0.6 is 0 Å². The van der Waals surface area contributed by atoms with Crippen LogP contribution < -0.4 is 10.6 Å². The van der Waals surface area contributed by atoms with Gasteiger partial charge in [0.2, 0.25) is 0 Å². The molecule has 2 unspecified atom stereocenters. The first-order chi connectivity index (χ1) is 9.01. The van der Waals surface area contributed by atoms with E-state index in [-0.39, 0.29) is 12.1 Å². The molecule has 2 atom stereocenters. The second kappa shape index (κ2) is 5.74. The second-order valence-electron chi connectivity index (χ2n) is 5.56. The molecule has 19 heavy (non-hydrogen) atoms. The lowest BCUT2D eigenvalue weighted by Crippen LogP contribution is -2.22. The minimum atomic E-state index is -0.309. The summed E-state index contributed by atoms with van der Waals surface area (Å²) in [5, 5.41) is 16.0. The summed E-state index contributed by atoms with van der Waals surface area (Å²) in [5.74, 6) is 3.24. The quantitative estimate of drug-likeness (QED) is 0.735. The van der Waals surface area contributed by atoms with E-state index >= 15 is 0 Å². The first kappa shape index (κ1) is 14.1. The summed E-state index contributed by atoms with van der Waals surface area (Å²) in [5.41, 5.74) is 1.03. The fourth-order valence-corrected chi connectivity index (χ4v) is 2.25. The number of nitrogens with zero attached hydrogens (tertiary/aromatic N) is 2. The molecule has 0 radical (unpaired) electrons. The molecule has 3 N–H and O–H groups in total. The van der Waals surface area contributed by atoms with Crippen molar-refractivity contribution in [2.75, 3.05) is 17.7 Å². The van der Waals surface area contributed by atoms with Crippen molar-refractivity contribution in [2.45, 2.75) is 58.1 Å². The Morgan fingerprint density at radius 2 is 1.89 bits per heavy atom. The van der Waals surface area contributed by atoms with E-state index in [1.165, 1.54) is 12.8 Å². The van der Waals surface area contributed by atoms with Crippen molar-refractivity contribution < 1.29 is 5.11 Å². The molecule has 0 saturated heterocycles. The van der Waals surface area contributed by atoms with Crippen LogP contribution in [0.25, 0.3) is 0 Å². The van der Waals surface area contributed by atoms with Crippen LogP contribution in [0.1, 0.15) is 50.4 Å². The minimum Gasteiger partial charge on any atom is -0.393 e. The Labute approximate surface area is 114 Å². The van der Waals surface area contributed by atoms with Gasteiger partial charge in [-0.15, -0.1) is 0 Å². The van der Waals surface area contributed by atoms with Crippen molar-refractivity contribution in [3.05, 3.63) is 11.4 Å². The van der Waals surface area contributed by atoms with Gasteiger partial charge in [-0.05, 0) is 40.0 Å². The van der Waals surface area contributed by atoms with E-state index in [9.17, 15) is 5.11 Å². The normalized spacial score (nSPS) is 17.9. The van der Waals surface area contributed by atoms with Crippen molar-refractivity contribution in [3.8, 4) is 0 Å². The molecule has 0 aliphatic heterocycles. The van der Waals surface area contributed by atoms with Gasteiger partial charge in [-0.1, -0.05) is 0 Å². The second-order valence-corrected chi connectivity index (χ2v) is 5.56. The first-order valence-corrected chi connectivity index (χ1v) is 7.02. The summed E-state index contributed by atoms with van der Waals surface area (Å²) < 4.78 is 0. The Morgan fingerprint density at radius 1 is 1.26 bits per heavy atom. The molecule has 1 saturated carbocycles. The van der Waals surface area contributed by atoms with Gasteiger partial charge in [-0.2, -0.15) is 0 Å². The average Bonchev–Trinajstić information content (AvgIpc) is 3.14. The Balaban J connectivity index is 2.20. The number of hydrogen-bond donors (Lipinski definition) is 3. The maximum Gasteiger partial charge on any atom is 0.136 e. The van der Waals surface area contributed by atoms with Gasteiger partial charge in [0.25, 0.3) is 0 Å². The van der Waals surface area contributed by atoms with Crippen LogP contribution in [0.15, 0.2) is 0 Å². The molecule has 1 fully saturated rings. The topological polar surface area (TPSA) is 70.1 Å². The maximum atomic E-state index is 9.44. The molecule has 2 rings (SSSR count). The Morgan fingerprint density at radius 3 is 2.42 bits per heavy atom. The summed E-state index contributed by atoms with van der Waals surface area (Å²) in [4.78, 5) is 9.22. The molecular weight excluding hydrogens is 240 g/mol. The molecule has 0 spiro atoms. The largest absolute Gasteiger partial charge is 0.393 e. The van der Waals surface area contributed by atoms with Crippen LogP contribution in [0.2, 0.25) is 0 Å². The van der Waals surface area contributed by atoms with E-state index < -0.39 is 0 Å². The highest BCUT2D eigenvalue weighted by molar-refractivity contribution is 5.57. The highest BCUT2D eigenvalue weighted by Crippen LogP contribution is 2.39. The summed E-state index contributed by atoms with van der Waals surface area (Å²) in [7, 11) is 1.88. The summed E-state index contributed by atoms with van der Waals surface area (Å²) in [6, 6.07) is 0.186. The zero-order valence-electron chi connectivity index (χ0n) is 12.2. The van der Waals surface area contributed by atoms with Crippen LogP contribution in [0, 0.1) is 6.92 Å². The zero-order chi connectivity index (χ0) is 14.0. The molecule has 5 heteroatoms. The average molecular weight is 264 g/mol. The molecule has 0 bridgehead atoms. The highest BCUT2D eigenvalue weighted by atomic mass is 16.3. The zero-order valence-corrected chi connectivity index (χ0v) is 12.2. The van der Waals surface area contributed by atoms with Gasteiger partial charge in [-0.3, -0.25) is 0 Å². The molecule has 1 aromatic rings. The highest BCUT2D eigenvalue weighted by Gasteiger charge is 2.28. The van der Waals surface area contributed by atoms with E-state index in [1.807, 2.05) is 14.0 Å². The third kappa shape index (κ3) is 3.56. The third-order valence-corrected chi connectivity index (χ3v) is 3.42. The van der Waals surface area contributed by atoms with Crippen molar-refractivity contribution >= 4 is 11.6 Å². The van der Waals surface area contributed by atoms with Crippen molar-refractivity contribution in [1.29, 1.82) is 0 Å². The molecule has 1 heterocycles. The molecule has 1 aliphatic rings. The number of nitrogens with one attached hydrogen (secondary N) is 2. The van der Waals surface area contributed by atoms with Gasteiger partial charge in [0.15, 0.2) is 0 Å². The molecule has 0 amide bonds. The first-order valence-electron chi connectivity index (χ1n) is 7.02. The lowest BCUT2D eigenvalue weighted by Gasteiger charge is -2.19. The minimum absolute atomic E-state index is 0.186. The summed E-state index contributed by atoms with van der Waals surface area (Å²) >= 11 is 0. The fourth-order valence-electron chi connectivity index (χ4n) is 2.25. The van der Waals surface area contributed by atoms with Crippen LogP contribution in [0.4, 0.5) is 11.6 Å². The summed E-state index contributed by atoms with van der Waals surface area (Å²) in [6.45, 7) is 5.88. The number of hydrogen-bond acceptors (Lipinski definition) is 5. The smallest absolute Gasteiger partial charge is 0.136 e. The summed E-state index contributed by atoms with van der Waals surface area (Å²) in [6.07, 6.45) is 2.78. The van der Waals surface area contributed by atoms with Gasteiger partial charge in [0.05, 0.1) is 6.10 Å². The lowest BCUT2D eigenvalue weighted by atomic mass is 10.1. The van der Waals surface area contributed by atoms with Crippen LogP contribution in [-0.4, -0.2) is 34.3 Å². The van der Waals surface area contributed by atoms with Crippen molar-refractivity contribution in [2.24, 2.45) is 0 Å². The monoisotopic (exact) mass is 264 g/mol. The van der Waals surface area contributed by atoms with E-state index in [4.69, 9.17) is 0 Å². The Kier molecular flexibility index (Phi) is 4.24. The predicted molar refractivity (Wildman–Crippen MR) is 77.7 cm³/mol. The van der Waals surface area contributed by atoms with Crippen LogP contribution in [0.3, 0.4) is 0 Å². The standard InChI is InChI=1S/C14H24N4O/c1-8(7-9(2)19)16-13-10(3)12(15-4)17-14(18-13)11-5-6-11/h8-9,11,19H,5-7H2,1-4H3,(H2,15,16,17,18). The lowest BCUT2D eigenvalue weighted by molar-refractivity contribution is 0.179. The van der Waals surface area contributed by atoms with Gasteiger partial charge < -0.3 is 15.7 Å². The van der Waals surface area contributed by atoms with Gasteiger partial charge in [-0.25, -0.2) is 9.97 Å².